The van der Waals surface area contributed by atoms with Crippen LogP contribution in [0.3, 0.4) is 0 Å². The molecule has 2 aromatic carbocycles. The van der Waals surface area contributed by atoms with Crippen molar-refractivity contribution in [3.8, 4) is 11.3 Å². The van der Waals surface area contributed by atoms with Gasteiger partial charge in [0.25, 0.3) is 0 Å². The summed E-state index contributed by atoms with van der Waals surface area (Å²) in [6.45, 7) is 0. The number of alkyl halides is 3. The molecule has 9 heteroatoms. The monoisotopic (exact) mass is 382 g/mol. The number of benzene rings is 2. The zero-order valence-corrected chi connectivity index (χ0v) is 13.5. The number of rotatable bonds is 4. The summed E-state index contributed by atoms with van der Waals surface area (Å²) < 4.78 is 69.7. The molecule has 1 N–H and O–H groups in total. The summed E-state index contributed by atoms with van der Waals surface area (Å²) in [4.78, 5) is 12.0. The summed E-state index contributed by atoms with van der Waals surface area (Å²) >= 11 is 0. The maximum atomic E-state index is 13.7. The van der Waals surface area contributed by atoms with Crippen molar-refractivity contribution >= 4 is 11.6 Å². The fourth-order valence-corrected chi connectivity index (χ4v) is 2.35. The Morgan fingerprint density at radius 3 is 2.56 bits per heavy atom. The molecule has 0 aliphatic heterocycles. The normalized spacial score (nSPS) is 11.4. The molecule has 0 unspecified atom stereocenters. The van der Waals surface area contributed by atoms with Gasteiger partial charge >= 0.3 is 6.18 Å². The van der Waals surface area contributed by atoms with E-state index in [0.717, 1.165) is 24.3 Å². The zero-order chi connectivity index (χ0) is 19.6. The lowest BCUT2D eigenvalue weighted by Gasteiger charge is -2.09. The van der Waals surface area contributed by atoms with Crippen molar-refractivity contribution in [3.63, 3.8) is 0 Å². The number of hydrogen-bond donors (Lipinski definition) is 1. The molecular formula is C18H11F5N2O2. The minimum atomic E-state index is -4.53. The van der Waals surface area contributed by atoms with Crippen LogP contribution in [0.1, 0.15) is 11.3 Å². The van der Waals surface area contributed by atoms with Gasteiger partial charge in [0.2, 0.25) is 5.91 Å². The highest BCUT2D eigenvalue weighted by molar-refractivity contribution is 5.92. The van der Waals surface area contributed by atoms with Gasteiger partial charge in [0.15, 0.2) is 5.76 Å². The van der Waals surface area contributed by atoms with E-state index in [1.165, 1.54) is 18.2 Å². The molecule has 4 nitrogen and oxygen atoms in total. The van der Waals surface area contributed by atoms with E-state index in [0.29, 0.717) is 6.07 Å². The van der Waals surface area contributed by atoms with E-state index in [2.05, 4.69) is 10.5 Å². The van der Waals surface area contributed by atoms with Crippen molar-refractivity contribution in [2.24, 2.45) is 0 Å². The third kappa shape index (κ3) is 4.49. The topological polar surface area (TPSA) is 55.1 Å². The van der Waals surface area contributed by atoms with E-state index < -0.39 is 29.3 Å². The molecule has 0 saturated heterocycles. The number of carbonyl (C=O) groups is 1. The van der Waals surface area contributed by atoms with Crippen LogP contribution < -0.4 is 5.32 Å². The molecule has 0 bridgehead atoms. The Morgan fingerprint density at radius 1 is 1.07 bits per heavy atom. The highest BCUT2D eigenvalue weighted by atomic mass is 19.4. The molecule has 0 aliphatic rings. The number of amides is 1. The van der Waals surface area contributed by atoms with Gasteiger partial charge in [-0.25, -0.2) is 8.78 Å². The number of aromatic nitrogens is 1. The van der Waals surface area contributed by atoms with E-state index in [-0.39, 0.29) is 29.1 Å². The van der Waals surface area contributed by atoms with Crippen LogP contribution in [0, 0.1) is 11.6 Å². The summed E-state index contributed by atoms with van der Waals surface area (Å²) in [5, 5.41) is 5.94. The van der Waals surface area contributed by atoms with Crippen LogP contribution in [0.15, 0.2) is 53.1 Å². The van der Waals surface area contributed by atoms with Crippen molar-refractivity contribution in [2.75, 3.05) is 5.32 Å². The molecule has 0 saturated carbocycles. The van der Waals surface area contributed by atoms with Gasteiger partial charge in [-0.3, -0.25) is 4.79 Å². The van der Waals surface area contributed by atoms with Crippen molar-refractivity contribution in [3.05, 3.63) is 71.4 Å². The minimum absolute atomic E-state index is 0.00521. The molecule has 0 atom stereocenters. The quantitative estimate of drug-likeness (QED) is 0.659. The first-order valence-corrected chi connectivity index (χ1v) is 7.60. The molecule has 0 fully saturated rings. The maximum absolute atomic E-state index is 13.7. The van der Waals surface area contributed by atoms with Crippen LogP contribution in [0.5, 0.6) is 0 Å². The molecule has 3 rings (SSSR count). The fourth-order valence-electron chi connectivity index (χ4n) is 2.35. The SMILES string of the molecule is O=C(Cc1cc(-c2ccc(F)cc2F)on1)Nc1cccc(C(F)(F)F)c1. The first kappa shape index (κ1) is 18.6. The fraction of sp³-hybridized carbons (Fsp3) is 0.111. The smallest absolute Gasteiger partial charge is 0.356 e. The molecule has 27 heavy (non-hydrogen) atoms. The second kappa shape index (κ2) is 7.18. The van der Waals surface area contributed by atoms with E-state index in [9.17, 15) is 26.7 Å². The largest absolute Gasteiger partial charge is 0.416 e. The molecular weight excluding hydrogens is 371 g/mol. The maximum Gasteiger partial charge on any atom is 0.416 e. The van der Waals surface area contributed by atoms with Gasteiger partial charge in [0.05, 0.1) is 23.2 Å². The molecule has 1 heterocycles. The van der Waals surface area contributed by atoms with Crippen LogP contribution in [0.4, 0.5) is 27.6 Å². The molecule has 1 amide bonds. The van der Waals surface area contributed by atoms with E-state index in [1.807, 2.05) is 0 Å². The lowest BCUT2D eigenvalue weighted by atomic mass is 10.1. The molecule has 0 aliphatic carbocycles. The Kier molecular flexibility index (Phi) is 4.93. The van der Waals surface area contributed by atoms with Gasteiger partial charge in [-0.1, -0.05) is 11.2 Å². The Hall–Kier alpha value is -3.23. The highest BCUT2D eigenvalue weighted by Crippen LogP contribution is 2.30. The predicted molar refractivity (Wildman–Crippen MR) is 85.6 cm³/mol. The van der Waals surface area contributed by atoms with Crippen LogP contribution in [0.2, 0.25) is 0 Å². The third-order valence-electron chi connectivity index (χ3n) is 3.57. The van der Waals surface area contributed by atoms with Gasteiger partial charge < -0.3 is 9.84 Å². The minimum Gasteiger partial charge on any atom is -0.356 e. The van der Waals surface area contributed by atoms with Gasteiger partial charge in [0.1, 0.15) is 11.6 Å². The summed E-state index contributed by atoms with van der Waals surface area (Å²) in [5.74, 6) is -2.24. The number of hydrogen-bond acceptors (Lipinski definition) is 3. The molecule has 0 spiro atoms. The van der Waals surface area contributed by atoms with Crippen LogP contribution in [-0.2, 0) is 17.4 Å². The Bertz CT molecular complexity index is 982. The Labute approximate surface area is 149 Å². The lowest BCUT2D eigenvalue weighted by molar-refractivity contribution is -0.137. The van der Waals surface area contributed by atoms with Crippen molar-refractivity contribution in [2.45, 2.75) is 12.6 Å². The summed E-state index contributed by atoms with van der Waals surface area (Å²) in [7, 11) is 0. The second-order valence-corrected chi connectivity index (χ2v) is 5.61. The van der Waals surface area contributed by atoms with Crippen molar-refractivity contribution in [1.82, 2.24) is 5.16 Å². The Balaban J connectivity index is 1.70. The summed E-state index contributed by atoms with van der Waals surface area (Å²) in [6, 6.07) is 8.36. The first-order valence-electron chi connectivity index (χ1n) is 7.60. The van der Waals surface area contributed by atoms with Crippen LogP contribution in [0.25, 0.3) is 11.3 Å². The molecule has 1 aromatic heterocycles. The average molecular weight is 382 g/mol. The number of anilines is 1. The lowest BCUT2D eigenvalue weighted by Crippen LogP contribution is -2.15. The standard InChI is InChI=1S/C18H11F5N2O2/c19-11-4-5-14(15(20)7-11)16-8-13(25-27-16)9-17(26)24-12-3-1-2-10(6-12)18(21,22)23/h1-8H,9H2,(H,24,26). The highest BCUT2D eigenvalue weighted by Gasteiger charge is 2.30. The molecule has 0 radical (unpaired) electrons. The van der Waals surface area contributed by atoms with Gasteiger partial charge in [-0.15, -0.1) is 0 Å². The summed E-state index contributed by atoms with van der Waals surface area (Å²) in [6.07, 6.45) is -4.83. The van der Waals surface area contributed by atoms with Crippen molar-refractivity contribution < 1.29 is 31.3 Å². The van der Waals surface area contributed by atoms with Gasteiger partial charge in [-0.05, 0) is 30.3 Å². The number of halogens is 5. The summed E-state index contributed by atoms with van der Waals surface area (Å²) in [5.41, 5.74) is -0.814. The number of carbonyl (C=O) groups excluding carboxylic acids is 1. The first-order chi connectivity index (χ1) is 12.7. The van der Waals surface area contributed by atoms with Crippen LogP contribution >= 0.6 is 0 Å². The van der Waals surface area contributed by atoms with Crippen molar-refractivity contribution in [1.29, 1.82) is 0 Å². The van der Waals surface area contributed by atoms with E-state index in [1.54, 1.807) is 0 Å². The third-order valence-corrected chi connectivity index (χ3v) is 3.57. The van der Waals surface area contributed by atoms with E-state index in [4.69, 9.17) is 4.52 Å². The number of nitrogens with zero attached hydrogens (tertiary/aromatic N) is 1. The predicted octanol–water partition coefficient (Wildman–Crippen LogP) is 4.82. The van der Waals surface area contributed by atoms with Gasteiger partial charge in [0, 0.05) is 17.8 Å². The Morgan fingerprint density at radius 2 is 1.85 bits per heavy atom. The molecule has 140 valence electrons. The average Bonchev–Trinajstić information content (AvgIpc) is 3.02. The van der Waals surface area contributed by atoms with Gasteiger partial charge in [-0.2, -0.15) is 13.2 Å². The second-order valence-electron chi connectivity index (χ2n) is 5.61. The molecule has 3 aromatic rings. The van der Waals surface area contributed by atoms with E-state index >= 15 is 0 Å². The van der Waals surface area contributed by atoms with Crippen LogP contribution in [-0.4, -0.2) is 11.1 Å². The number of nitrogens with one attached hydrogen (secondary N) is 1. The zero-order valence-electron chi connectivity index (χ0n) is 13.5.